The summed E-state index contributed by atoms with van der Waals surface area (Å²) in [6.45, 7) is 1.14. The van der Waals surface area contributed by atoms with Crippen LogP contribution < -0.4 is 5.43 Å². The monoisotopic (exact) mass is 162 g/mol. The van der Waals surface area contributed by atoms with E-state index >= 15 is 0 Å². The summed E-state index contributed by atoms with van der Waals surface area (Å²) in [5, 5.41) is 2.15. The predicted molar refractivity (Wildman–Crippen MR) is 49.6 cm³/mol. The molecule has 0 aliphatic carbocycles. The van der Waals surface area contributed by atoms with Gasteiger partial charge in [-0.2, -0.15) is 0 Å². The zero-order chi connectivity index (χ0) is 8.39. The molecular weight excluding hydrogens is 148 g/mol. The van der Waals surface area contributed by atoms with Crippen LogP contribution in [0.2, 0.25) is 0 Å². The van der Waals surface area contributed by atoms with Crippen molar-refractivity contribution < 1.29 is 0 Å². The number of rotatable bonds is 1. The van der Waals surface area contributed by atoms with Gasteiger partial charge in [0.25, 0.3) is 0 Å². The lowest BCUT2D eigenvalue weighted by molar-refractivity contribution is 0.293. The molecule has 2 heteroatoms. The van der Waals surface area contributed by atoms with E-state index in [9.17, 15) is 0 Å². The number of benzene rings is 1. The molecule has 1 heterocycles. The number of nitrogens with zero attached hydrogens (tertiary/aromatic N) is 1. The van der Waals surface area contributed by atoms with Gasteiger partial charge >= 0.3 is 0 Å². The summed E-state index contributed by atoms with van der Waals surface area (Å²) >= 11 is 0. The first-order valence-corrected chi connectivity index (χ1v) is 4.38. The molecule has 2 rings (SSSR count). The molecule has 1 aromatic carbocycles. The van der Waals surface area contributed by atoms with Crippen LogP contribution in [-0.2, 0) is 0 Å². The highest BCUT2D eigenvalue weighted by molar-refractivity contribution is 5.19. The summed E-state index contributed by atoms with van der Waals surface area (Å²) in [4.78, 5) is 0. The number of nitrogens with one attached hydrogen (secondary N) is 1. The fraction of sp³-hybridized carbons (Fsp3) is 0.400. The van der Waals surface area contributed by atoms with E-state index in [1.54, 1.807) is 0 Å². The third-order valence-electron chi connectivity index (χ3n) is 2.33. The number of hydrogen-bond donors (Lipinski definition) is 1. The molecule has 0 radical (unpaired) electrons. The highest BCUT2D eigenvalue weighted by Crippen LogP contribution is 2.20. The summed E-state index contributed by atoms with van der Waals surface area (Å²) in [5.41, 5.74) is 4.79. The molecule has 0 spiro atoms. The number of hydrogen-bond acceptors (Lipinski definition) is 2. The molecule has 1 atom stereocenters. The first kappa shape index (κ1) is 7.77. The molecule has 1 aliphatic rings. The van der Waals surface area contributed by atoms with Crippen molar-refractivity contribution in [1.29, 1.82) is 0 Å². The molecule has 1 fully saturated rings. The maximum Gasteiger partial charge on any atom is 0.0477 e. The van der Waals surface area contributed by atoms with Gasteiger partial charge in [-0.1, -0.05) is 30.3 Å². The molecule has 12 heavy (non-hydrogen) atoms. The van der Waals surface area contributed by atoms with Gasteiger partial charge in [0.05, 0.1) is 0 Å². The number of hydrazine groups is 1. The lowest BCUT2D eigenvalue weighted by Gasteiger charge is -2.12. The molecule has 1 aliphatic heterocycles. The van der Waals surface area contributed by atoms with Crippen molar-refractivity contribution in [2.24, 2.45) is 0 Å². The molecule has 1 N–H and O–H groups in total. The minimum absolute atomic E-state index is 0.524. The van der Waals surface area contributed by atoms with E-state index in [0.29, 0.717) is 6.04 Å². The lowest BCUT2D eigenvalue weighted by Crippen LogP contribution is -2.27. The minimum Gasteiger partial charge on any atom is -0.248 e. The van der Waals surface area contributed by atoms with E-state index in [0.717, 1.165) is 6.54 Å². The molecule has 1 unspecified atom stereocenters. The Hall–Kier alpha value is -0.860. The Morgan fingerprint density at radius 2 is 2.08 bits per heavy atom. The fourth-order valence-electron chi connectivity index (χ4n) is 1.64. The molecule has 0 saturated carbocycles. The second kappa shape index (κ2) is 3.25. The van der Waals surface area contributed by atoms with Crippen molar-refractivity contribution >= 4 is 0 Å². The molecule has 1 saturated heterocycles. The van der Waals surface area contributed by atoms with Crippen LogP contribution in [0.15, 0.2) is 30.3 Å². The maximum absolute atomic E-state index is 3.40. The third-order valence-corrected chi connectivity index (χ3v) is 2.33. The fourth-order valence-corrected chi connectivity index (χ4v) is 1.64. The minimum atomic E-state index is 0.524. The highest BCUT2D eigenvalue weighted by Gasteiger charge is 2.19. The van der Waals surface area contributed by atoms with Crippen molar-refractivity contribution in [1.82, 2.24) is 10.4 Å². The SMILES string of the molecule is CN1CCC(c2ccccc2)N1. The summed E-state index contributed by atoms with van der Waals surface area (Å²) in [6.07, 6.45) is 1.21. The van der Waals surface area contributed by atoms with Crippen molar-refractivity contribution in [2.75, 3.05) is 13.6 Å². The molecule has 0 aromatic heterocycles. The van der Waals surface area contributed by atoms with Crippen LogP contribution in [0.25, 0.3) is 0 Å². The standard InChI is InChI=1S/C10H14N2/c1-12-8-7-10(11-12)9-5-3-2-4-6-9/h2-6,10-11H,7-8H2,1H3. The van der Waals surface area contributed by atoms with Gasteiger partial charge in [0.2, 0.25) is 0 Å². The quantitative estimate of drug-likeness (QED) is 0.674. The van der Waals surface area contributed by atoms with Crippen LogP contribution in [0.1, 0.15) is 18.0 Å². The summed E-state index contributed by atoms with van der Waals surface area (Å²) in [5.74, 6) is 0. The van der Waals surface area contributed by atoms with Gasteiger partial charge in [0, 0.05) is 19.6 Å². The van der Waals surface area contributed by atoms with Crippen LogP contribution in [0, 0.1) is 0 Å². The Balaban J connectivity index is 2.11. The predicted octanol–water partition coefficient (Wildman–Crippen LogP) is 1.57. The zero-order valence-corrected chi connectivity index (χ0v) is 7.33. The van der Waals surface area contributed by atoms with Gasteiger partial charge in [-0.15, -0.1) is 0 Å². The van der Waals surface area contributed by atoms with Crippen molar-refractivity contribution in [3.05, 3.63) is 35.9 Å². The zero-order valence-electron chi connectivity index (χ0n) is 7.33. The van der Waals surface area contributed by atoms with E-state index in [-0.39, 0.29) is 0 Å². The van der Waals surface area contributed by atoms with Crippen LogP contribution in [0.3, 0.4) is 0 Å². The van der Waals surface area contributed by atoms with Gasteiger partial charge < -0.3 is 0 Å². The smallest absolute Gasteiger partial charge is 0.0477 e. The highest BCUT2D eigenvalue weighted by atomic mass is 15.5. The van der Waals surface area contributed by atoms with E-state index in [2.05, 4.69) is 47.8 Å². The Morgan fingerprint density at radius 3 is 2.67 bits per heavy atom. The van der Waals surface area contributed by atoms with Gasteiger partial charge in [0.1, 0.15) is 0 Å². The Labute approximate surface area is 73.2 Å². The Kier molecular flexibility index (Phi) is 2.11. The van der Waals surface area contributed by atoms with Crippen LogP contribution in [0.5, 0.6) is 0 Å². The van der Waals surface area contributed by atoms with Crippen molar-refractivity contribution in [2.45, 2.75) is 12.5 Å². The molecular formula is C10H14N2. The average Bonchev–Trinajstić information content (AvgIpc) is 2.54. The lowest BCUT2D eigenvalue weighted by atomic mass is 10.1. The summed E-state index contributed by atoms with van der Waals surface area (Å²) in [7, 11) is 2.09. The topological polar surface area (TPSA) is 15.3 Å². The van der Waals surface area contributed by atoms with E-state index in [1.165, 1.54) is 12.0 Å². The van der Waals surface area contributed by atoms with Gasteiger partial charge in [-0.3, -0.25) is 0 Å². The Bertz CT molecular complexity index is 245. The molecule has 1 aromatic rings. The van der Waals surface area contributed by atoms with Gasteiger partial charge in [-0.05, 0) is 12.0 Å². The summed E-state index contributed by atoms with van der Waals surface area (Å²) in [6, 6.07) is 11.1. The molecule has 64 valence electrons. The van der Waals surface area contributed by atoms with Crippen LogP contribution >= 0.6 is 0 Å². The van der Waals surface area contributed by atoms with Gasteiger partial charge in [0.15, 0.2) is 0 Å². The largest absolute Gasteiger partial charge is 0.248 e. The second-order valence-corrected chi connectivity index (χ2v) is 3.30. The van der Waals surface area contributed by atoms with Crippen molar-refractivity contribution in [3.8, 4) is 0 Å². The van der Waals surface area contributed by atoms with Crippen LogP contribution in [0.4, 0.5) is 0 Å². The normalized spacial score (nSPS) is 24.6. The Morgan fingerprint density at radius 1 is 1.33 bits per heavy atom. The second-order valence-electron chi connectivity index (χ2n) is 3.30. The van der Waals surface area contributed by atoms with E-state index in [4.69, 9.17) is 0 Å². The first-order chi connectivity index (χ1) is 5.86. The van der Waals surface area contributed by atoms with Gasteiger partial charge in [-0.25, -0.2) is 10.4 Å². The summed E-state index contributed by atoms with van der Waals surface area (Å²) < 4.78 is 0. The average molecular weight is 162 g/mol. The molecule has 0 amide bonds. The van der Waals surface area contributed by atoms with E-state index in [1.807, 2.05) is 0 Å². The van der Waals surface area contributed by atoms with E-state index < -0.39 is 0 Å². The maximum atomic E-state index is 3.40. The molecule has 0 bridgehead atoms. The van der Waals surface area contributed by atoms with Crippen molar-refractivity contribution in [3.63, 3.8) is 0 Å². The molecule has 2 nitrogen and oxygen atoms in total. The third kappa shape index (κ3) is 1.49. The van der Waals surface area contributed by atoms with Crippen LogP contribution in [-0.4, -0.2) is 18.6 Å². The first-order valence-electron chi connectivity index (χ1n) is 4.38.